The van der Waals surface area contributed by atoms with Crippen LogP contribution in [0.3, 0.4) is 0 Å². The number of nitrogens with zero attached hydrogens (tertiary/aromatic N) is 1. The van der Waals surface area contributed by atoms with Gasteiger partial charge in [0.25, 0.3) is 0 Å². The number of likely N-dealkylation sites (N-methyl/N-ethyl adjacent to an activating group) is 1. The quantitative estimate of drug-likeness (QED) is 0.363. The molecule has 1 unspecified atom stereocenters. The van der Waals surface area contributed by atoms with Crippen LogP contribution in [0.2, 0.25) is 0 Å². The first-order valence-corrected chi connectivity index (χ1v) is 10.4. The maximum atomic E-state index is 13.2. The van der Waals surface area contributed by atoms with E-state index < -0.39 is 0 Å². The van der Waals surface area contributed by atoms with Gasteiger partial charge in [0.1, 0.15) is 23.3 Å². The number of carbonyl (C=O) groups is 1. The van der Waals surface area contributed by atoms with Gasteiger partial charge in [-0.2, -0.15) is 0 Å². The van der Waals surface area contributed by atoms with E-state index in [1.165, 1.54) is 5.56 Å². The third kappa shape index (κ3) is 4.47. The lowest BCUT2D eigenvalue weighted by atomic mass is 9.86. The van der Waals surface area contributed by atoms with E-state index in [1.807, 2.05) is 24.3 Å². The minimum absolute atomic E-state index is 0. The molecule has 7 nitrogen and oxygen atoms in total. The number of methoxy groups -OCH3 is 3. The number of benzene rings is 2. The van der Waals surface area contributed by atoms with Gasteiger partial charge in [-0.1, -0.05) is 6.07 Å². The molecule has 0 saturated heterocycles. The molecule has 0 bridgehead atoms. The highest BCUT2D eigenvalue weighted by atomic mass is 127. The van der Waals surface area contributed by atoms with Gasteiger partial charge >= 0.3 is 0 Å². The molecular formula is C24H30INO6. The summed E-state index contributed by atoms with van der Waals surface area (Å²) in [6.07, 6.45) is 1.59. The average Bonchev–Trinajstić information content (AvgIpc) is 3.23. The Balaban J connectivity index is 0.00000289. The lowest BCUT2D eigenvalue weighted by Crippen LogP contribution is -3.00. The molecule has 2 aliphatic heterocycles. The minimum atomic E-state index is -0.0371. The first-order valence-electron chi connectivity index (χ1n) is 10.4. The maximum Gasteiger partial charge on any atom is 0.231 e. The molecule has 0 spiro atoms. The third-order valence-corrected chi connectivity index (χ3v) is 6.39. The lowest BCUT2D eigenvalue weighted by Gasteiger charge is -2.43. The monoisotopic (exact) mass is 555 g/mol. The summed E-state index contributed by atoms with van der Waals surface area (Å²) < 4.78 is 28.5. The topological polar surface area (TPSA) is 63.2 Å². The van der Waals surface area contributed by atoms with Crippen LogP contribution in [0.5, 0.6) is 28.7 Å². The summed E-state index contributed by atoms with van der Waals surface area (Å²) in [5.41, 5.74) is 3.07. The van der Waals surface area contributed by atoms with E-state index in [0.717, 1.165) is 29.8 Å². The largest absolute Gasteiger partial charge is 1.00 e. The van der Waals surface area contributed by atoms with E-state index in [2.05, 4.69) is 14.1 Å². The van der Waals surface area contributed by atoms with Crippen LogP contribution in [0.4, 0.5) is 0 Å². The van der Waals surface area contributed by atoms with Gasteiger partial charge in [0.05, 0.1) is 54.0 Å². The number of quaternary nitrogens is 1. The maximum absolute atomic E-state index is 13.2. The molecule has 8 heteroatoms. The molecule has 0 fully saturated rings. The standard InChI is InChI=1S/C24H30NO6.HI/c1-25(2)9-8-16-11-21-23(31-14-30-21)24(29-5)22(16)19(25)12-17(26)10-15-6-7-18(27-3)13-20(15)28-4;/h6-7,11,13,19H,8-10,12,14H2,1-5H3;1H/q+1;/p-1. The Bertz CT molecular complexity index is 1010. The molecule has 4 rings (SSSR count). The summed E-state index contributed by atoms with van der Waals surface area (Å²) in [6.45, 7) is 1.12. The number of halogens is 1. The Kier molecular flexibility index (Phi) is 7.44. The summed E-state index contributed by atoms with van der Waals surface area (Å²) in [5, 5.41) is 0. The number of hydrogen-bond acceptors (Lipinski definition) is 6. The first-order chi connectivity index (χ1) is 14.9. The van der Waals surface area contributed by atoms with Crippen LogP contribution in [0, 0.1) is 0 Å². The Labute approximate surface area is 206 Å². The van der Waals surface area contributed by atoms with Crippen molar-refractivity contribution < 1.29 is 56.9 Å². The van der Waals surface area contributed by atoms with E-state index >= 15 is 0 Å². The minimum Gasteiger partial charge on any atom is -1.00 e. The fourth-order valence-electron chi connectivity index (χ4n) is 4.61. The predicted octanol–water partition coefficient (Wildman–Crippen LogP) is 0.321. The van der Waals surface area contributed by atoms with Crippen LogP contribution in [0.25, 0.3) is 0 Å². The summed E-state index contributed by atoms with van der Waals surface area (Å²) in [5.74, 6) is 3.55. The fraction of sp³-hybridized carbons (Fsp3) is 0.458. The highest BCUT2D eigenvalue weighted by molar-refractivity contribution is 5.82. The second kappa shape index (κ2) is 9.74. The van der Waals surface area contributed by atoms with Gasteiger partial charge in [-0.15, -0.1) is 0 Å². The van der Waals surface area contributed by atoms with Crippen molar-refractivity contribution in [1.29, 1.82) is 0 Å². The molecular weight excluding hydrogens is 525 g/mol. The first kappa shape index (κ1) is 24.4. The van der Waals surface area contributed by atoms with Crippen molar-refractivity contribution in [2.75, 3.05) is 48.8 Å². The van der Waals surface area contributed by atoms with Crippen LogP contribution in [0.15, 0.2) is 24.3 Å². The average molecular weight is 555 g/mol. The predicted molar refractivity (Wildman–Crippen MR) is 115 cm³/mol. The van der Waals surface area contributed by atoms with Crippen molar-refractivity contribution in [2.24, 2.45) is 0 Å². The highest BCUT2D eigenvalue weighted by Crippen LogP contribution is 2.51. The molecule has 0 amide bonds. The van der Waals surface area contributed by atoms with E-state index in [-0.39, 0.29) is 42.6 Å². The molecule has 0 N–H and O–H groups in total. The van der Waals surface area contributed by atoms with Crippen molar-refractivity contribution in [3.8, 4) is 28.7 Å². The molecule has 174 valence electrons. The molecule has 0 aromatic heterocycles. The Hall–Kier alpha value is -2.20. The zero-order valence-corrected chi connectivity index (χ0v) is 21.4. The Morgan fingerprint density at radius 3 is 2.56 bits per heavy atom. The molecule has 0 radical (unpaired) electrons. The molecule has 0 aliphatic carbocycles. The lowest BCUT2D eigenvalue weighted by molar-refractivity contribution is -0.922. The van der Waals surface area contributed by atoms with Crippen molar-refractivity contribution in [1.82, 2.24) is 0 Å². The van der Waals surface area contributed by atoms with E-state index in [0.29, 0.717) is 40.3 Å². The van der Waals surface area contributed by atoms with Crippen molar-refractivity contribution in [2.45, 2.75) is 25.3 Å². The molecule has 2 aliphatic rings. The summed E-state index contributed by atoms with van der Waals surface area (Å²) in [4.78, 5) is 13.2. The summed E-state index contributed by atoms with van der Waals surface area (Å²) in [6, 6.07) is 7.56. The third-order valence-electron chi connectivity index (χ3n) is 6.39. The molecule has 0 saturated carbocycles. The van der Waals surface area contributed by atoms with Crippen LogP contribution >= 0.6 is 0 Å². The van der Waals surface area contributed by atoms with Gasteiger partial charge in [-0.3, -0.25) is 4.79 Å². The van der Waals surface area contributed by atoms with Gasteiger partial charge in [-0.05, 0) is 17.7 Å². The van der Waals surface area contributed by atoms with Gasteiger partial charge in [0, 0.05) is 24.5 Å². The Morgan fingerprint density at radius 2 is 1.88 bits per heavy atom. The summed E-state index contributed by atoms with van der Waals surface area (Å²) in [7, 11) is 9.19. The molecule has 1 atom stereocenters. The van der Waals surface area contributed by atoms with Crippen LogP contribution < -0.4 is 47.7 Å². The number of carbonyl (C=O) groups excluding carboxylic acids is 1. The van der Waals surface area contributed by atoms with Crippen molar-refractivity contribution in [3.05, 3.63) is 41.0 Å². The second-order valence-electron chi connectivity index (χ2n) is 8.58. The highest BCUT2D eigenvalue weighted by Gasteiger charge is 2.42. The SMILES string of the molecule is COc1ccc(CC(=O)CC2c3c(cc4c(c3OC)OCO4)CC[N+]2(C)C)c(OC)c1.[I-]. The van der Waals surface area contributed by atoms with Crippen LogP contribution in [0.1, 0.15) is 29.2 Å². The number of Topliss-reactive ketones (excluding diaryl/α,β-unsaturated/α-hetero) is 1. The summed E-state index contributed by atoms with van der Waals surface area (Å²) >= 11 is 0. The fourth-order valence-corrected chi connectivity index (χ4v) is 4.61. The second-order valence-corrected chi connectivity index (χ2v) is 8.58. The molecule has 2 aromatic carbocycles. The van der Waals surface area contributed by atoms with Crippen LogP contribution in [-0.2, 0) is 17.6 Å². The van der Waals surface area contributed by atoms with Crippen molar-refractivity contribution >= 4 is 5.78 Å². The normalized spacial score (nSPS) is 17.7. The number of fused-ring (bicyclic) bond motifs is 2. The molecule has 32 heavy (non-hydrogen) atoms. The van der Waals surface area contributed by atoms with E-state index in [9.17, 15) is 4.79 Å². The molecule has 2 aromatic rings. The van der Waals surface area contributed by atoms with Gasteiger partial charge in [-0.25, -0.2) is 0 Å². The number of ether oxygens (including phenoxy) is 5. The number of rotatable bonds is 7. The van der Waals surface area contributed by atoms with Crippen molar-refractivity contribution in [3.63, 3.8) is 0 Å². The number of hydrogen-bond donors (Lipinski definition) is 0. The molecule has 2 heterocycles. The van der Waals surface area contributed by atoms with E-state index in [1.54, 1.807) is 21.3 Å². The smallest absolute Gasteiger partial charge is 0.231 e. The van der Waals surface area contributed by atoms with Gasteiger partial charge < -0.3 is 52.1 Å². The van der Waals surface area contributed by atoms with E-state index in [4.69, 9.17) is 23.7 Å². The zero-order chi connectivity index (χ0) is 22.2. The van der Waals surface area contributed by atoms with Crippen LogP contribution in [-0.4, -0.2) is 59.0 Å². The van der Waals surface area contributed by atoms with Gasteiger partial charge in [0.15, 0.2) is 11.5 Å². The Morgan fingerprint density at radius 1 is 1.09 bits per heavy atom. The zero-order valence-electron chi connectivity index (χ0n) is 19.2. The number of ketones is 1. The van der Waals surface area contributed by atoms with Gasteiger partial charge in [0.2, 0.25) is 12.5 Å².